The highest BCUT2D eigenvalue weighted by Gasteiger charge is 2.24. The zero-order valence-electron chi connectivity index (χ0n) is 11.8. The molecule has 19 heavy (non-hydrogen) atoms. The molecule has 2 atom stereocenters. The van der Waals surface area contributed by atoms with Crippen molar-refractivity contribution in [1.29, 1.82) is 0 Å². The third-order valence-corrected chi connectivity index (χ3v) is 3.72. The minimum absolute atomic E-state index is 0.139. The first-order valence-electron chi connectivity index (χ1n) is 7.08. The number of ether oxygens (including phenoxy) is 1. The van der Waals surface area contributed by atoms with Crippen LogP contribution in [0.15, 0.2) is 24.3 Å². The molecule has 4 heteroatoms. The van der Waals surface area contributed by atoms with Gasteiger partial charge in [-0.05, 0) is 31.5 Å². The molecule has 0 spiro atoms. The van der Waals surface area contributed by atoms with Crippen LogP contribution >= 0.6 is 0 Å². The van der Waals surface area contributed by atoms with Gasteiger partial charge in [-0.25, -0.2) is 0 Å². The van der Waals surface area contributed by atoms with E-state index in [9.17, 15) is 5.11 Å². The summed E-state index contributed by atoms with van der Waals surface area (Å²) in [5, 5.41) is 13.8. The zero-order chi connectivity index (χ0) is 13.7. The summed E-state index contributed by atoms with van der Waals surface area (Å²) in [5.74, 6) is 0.855. The summed E-state index contributed by atoms with van der Waals surface area (Å²) in [6.45, 7) is 8.71. The number of nitrogens with one attached hydrogen (secondary N) is 1. The molecule has 0 aromatic heterocycles. The van der Waals surface area contributed by atoms with Crippen LogP contribution in [-0.2, 0) is 0 Å². The molecule has 1 saturated heterocycles. The number of benzene rings is 1. The van der Waals surface area contributed by atoms with Gasteiger partial charge in [-0.3, -0.25) is 4.90 Å². The Morgan fingerprint density at radius 2 is 1.89 bits per heavy atom. The zero-order valence-corrected chi connectivity index (χ0v) is 11.8. The van der Waals surface area contributed by atoms with Crippen LogP contribution in [0.2, 0.25) is 0 Å². The van der Waals surface area contributed by atoms with Gasteiger partial charge in [0.05, 0.1) is 12.7 Å². The van der Waals surface area contributed by atoms with Gasteiger partial charge in [0, 0.05) is 32.2 Å². The van der Waals surface area contributed by atoms with Gasteiger partial charge in [-0.15, -0.1) is 0 Å². The average Bonchev–Trinajstić information content (AvgIpc) is 2.48. The number of aliphatic hydroxyl groups excluding tert-OH is 1. The molecule has 1 fully saturated rings. The molecule has 4 nitrogen and oxygen atoms in total. The lowest BCUT2D eigenvalue weighted by molar-refractivity contribution is 0.0510. The quantitative estimate of drug-likeness (QED) is 0.844. The van der Waals surface area contributed by atoms with Gasteiger partial charge in [-0.1, -0.05) is 12.1 Å². The first kappa shape index (κ1) is 14.3. The summed E-state index contributed by atoms with van der Waals surface area (Å²) < 4.78 is 5.42. The lowest BCUT2D eigenvalue weighted by Gasteiger charge is -2.35. The topological polar surface area (TPSA) is 44.7 Å². The molecule has 1 aromatic rings. The third-order valence-electron chi connectivity index (χ3n) is 3.72. The SMILES string of the molecule is CCOc1ccc(C(O)C(C)N2CCNCC2)cc1. The Kier molecular flexibility index (Phi) is 5.19. The van der Waals surface area contributed by atoms with E-state index >= 15 is 0 Å². The van der Waals surface area contributed by atoms with Crippen LogP contribution in [0.1, 0.15) is 25.5 Å². The monoisotopic (exact) mass is 264 g/mol. The molecule has 0 aliphatic carbocycles. The van der Waals surface area contributed by atoms with Crippen LogP contribution in [-0.4, -0.2) is 48.8 Å². The molecular weight excluding hydrogens is 240 g/mol. The van der Waals surface area contributed by atoms with Crippen LogP contribution < -0.4 is 10.1 Å². The molecule has 1 aromatic carbocycles. The molecule has 2 rings (SSSR count). The molecule has 0 amide bonds. The second-order valence-corrected chi connectivity index (χ2v) is 4.97. The molecule has 2 unspecified atom stereocenters. The van der Waals surface area contributed by atoms with Crippen molar-refractivity contribution in [3.8, 4) is 5.75 Å². The molecule has 0 bridgehead atoms. The second kappa shape index (κ2) is 6.89. The Bertz CT molecular complexity index is 374. The van der Waals surface area contributed by atoms with E-state index in [0.717, 1.165) is 37.5 Å². The van der Waals surface area contributed by atoms with Crippen molar-refractivity contribution in [2.45, 2.75) is 26.0 Å². The Morgan fingerprint density at radius 3 is 2.47 bits per heavy atom. The van der Waals surface area contributed by atoms with E-state index in [1.165, 1.54) is 0 Å². The molecular formula is C15H24N2O2. The van der Waals surface area contributed by atoms with Gasteiger partial charge < -0.3 is 15.2 Å². The van der Waals surface area contributed by atoms with Crippen molar-refractivity contribution in [2.24, 2.45) is 0 Å². The number of piperazine rings is 1. The minimum Gasteiger partial charge on any atom is -0.494 e. The minimum atomic E-state index is -0.450. The van der Waals surface area contributed by atoms with Gasteiger partial charge in [0.25, 0.3) is 0 Å². The fraction of sp³-hybridized carbons (Fsp3) is 0.600. The van der Waals surface area contributed by atoms with E-state index in [-0.39, 0.29) is 6.04 Å². The van der Waals surface area contributed by atoms with Crippen LogP contribution in [0.4, 0.5) is 0 Å². The standard InChI is InChI=1S/C15H24N2O2/c1-3-19-14-6-4-13(5-7-14)15(18)12(2)17-10-8-16-9-11-17/h4-7,12,15-16,18H,3,8-11H2,1-2H3. The van der Waals surface area contributed by atoms with Crippen molar-refractivity contribution >= 4 is 0 Å². The molecule has 1 aliphatic heterocycles. The van der Waals surface area contributed by atoms with Gasteiger partial charge in [0.1, 0.15) is 5.75 Å². The molecule has 0 saturated carbocycles. The van der Waals surface area contributed by atoms with Gasteiger partial charge in [0.2, 0.25) is 0 Å². The van der Waals surface area contributed by atoms with Crippen molar-refractivity contribution in [1.82, 2.24) is 10.2 Å². The van der Waals surface area contributed by atoms with Gasteiger partial charge in [-0.2, -0.15) is 0 Å². The number of hydrogen-bond donors (Lipinski definition) is 2. The predicted molar refractivity (Wildman–Crippen MR) is 76.5 cm³/mol. The normalized spacial score (nSPS) is 19.9. The number of hydrogen-bond acceptors (Lipinski definition) is 4. The lowest BCUT2D eigenvalue weighted by atomic mass is 10.0. The Balaban J connectivity index is 1.99. The van der Waals surface area contributed by atoms with Crippen LogP contribution in [0.25, 0.3) is 0 Å². The highest BCUT2D eigenvalue weighted by molar-refractivity contribution is 5.29. The largest absolute Gasteiger partial charge is 0.494 e. The van der Waals surface area contributed by atoms with E-state index in [2.05, 4.69) is 17.1 Å². The number of nitrogens with zero attached hydrogens (tertiary/aromatic N) is 1. The van der Waals surface area contributed by atoms with E-state index < -0.39 is 6.10 Å². The molecule has 0 radical (unpaired) electrons. The summed E-state index contributed by atoms with van der Waals surface area (Å²) in [6, 6.07) is 7.89. The van der Waals surface area contributed by atoms with E-state index in [0.29, 0.717) is 6.61 Å². The highest BCUT2D eigenvalue weighted by atomic mass is 16.5. The Labute approximate surface area is 115 Å². The molecule has 1 aliphatic rings. The maximum atomic E-state index is 10.5. The first-order valence-corrected chi connectivity index (χ1v) is 7.08. The number of aliphatic hydroxyl groups is 1. The van der Waals surface area contributed by atoms with E-state index in [4.69, 9.17) is 4.74 Å². The highest BCUT2D eigenvalue weighted by Crippen LogP contribution is 2.23. The maximum Gasteiger partial charge on any atom is 0.119 e. The molecule has 2 N–H and O–H groups in total. The van der Waals surface area contributed by atoms with E-state index in [1.54, 1.807) is 0 Å². The van der Waals surface area contributed by atoms with Crippen LogP contribution in [0, 0.1) is 0 Å². The summed E-state index contributed by atoms with van der Waals surface area (Å²) in [7, 11) is 0. The summed E-state index contributed by atoms with van der Waals surface area (Å²) in [5.41, 5.74) is 0.953. The van der Waals surface area contributed by atoms with Gasteiger partial charge in [0.15, 0.2) is 0 Å². The lowest BCUT2D eigenvalue weighted by Crippen LogP contribution is -2.49. The Morgan fingerprint density at radius 1 is 1.26 bits per heavy atom. The molecule has 106 valence electrons. The van der Waals surface area contributed by atoms with Crippen molar-refractivity contribution in [3.05, 3.63) is 29.8 Å². The van der Waals surface area contributed by atoms with Crippen LogP contribution in [0.3, 0.4) is 0 Å². The fourth-order valence-electron chi connectivity index (χ4n) is 2.50. The van der Waals surface area contributed by atoms with Gasteiger partial charge >= 0.3 is 0 Å². The summed E-state index contributed by atoms with van der Waals surface area (Å²) in [4.78, 5) is 2.33. The predicted octanol–water partition coefficient (Wildman–Crippen LogP) is 1.41. The summed E-state index contributed by atoms with van der Waals surface area (Å²) in [6.07, 6.45) is -0.450. The second-order valence-electron chi connectivity index (χ2n) is 4.97. The first-order chi connectivity index (χ1) is 9.22. The van der Waals surface area contributed by atoms with Crippen LogP contribution in [0.5, 0.6) is 5.75 Å². The molecule has 1 heterocycles. The third kappa shape index (κ3) is 3.69. The summed E-state index contributed by atoms with van der Waals surface area (Å²) >= 11 is 0. The number of rotatable bonds is 5. The smallest absolute Gasteiger partial charge is 0.119 e. The maximum absolute atomic E-state index is 10.5. The fourth-order valence-corrected chi connectivity index (χ4v) is 2.50. The van der Waals surface area contributed by atoms with Crippen molar-refractivity contribution < 1.29 is 9.84 Å². The van der Waals surface area contributed by atoms with Crippen molar-refractivity contribution in [2.75, 3.05) is 32.8 Å². The van der Waals surface area contributed by atoms with E-state index in [1.807, 2.05) is 31.2 Å². The van der Waals surface area contributed by atoms with Crippen molar-refractivity contribution in [3.63, 3.8) is 0 Å². The average molecular weight is 264 g/mol. The Hall–Kier alpha value is -1.10.